The summed E-state index contributed by atoms with van der Waals surface area (Å²) >= 11 is 19.9. The Morgan fingerprint density at radius 1 is 0.643 bits per heavy atom. The molecular formula is C4H12Cl4O4Si2. The Morgan fingerprint density at radius 3 is 0.786 bits per heavy atom. The summed E-state index contributed by atoms with van der Waals surface area (Å²) in [7, 11) is 3.26. The number of hydrogen-bond acceptors (Lipinski definition) is 4. The lowest BCUT2D eigenvalue weighted by Crippen LogP contribution is -2.45. The van der Waals surface area contributed by atoms with Crippen molar-refractivity contribution in [3.8, 4) is 0 Å². The molecule has 14 heavy (non-hydrogen) atoms. The maximum Gasteiger partial charge on any atom is 0.678 e. The van der Waals surface area contributed by atoms with E-state index < -0.39 is 14.4 Å². The van der Waals surface area contributed by atoms with Crippen molar-refractivity contribution in [3.05, 3.63) is 0 Å². The van der Waals surface area contributed by atoms with Gasteiger partial charge in [0, 0.05) is 28.4 Å². The Morgan fingerprint density at radius 2 is 0.786 bits per heavy atom. The van der Waals surface area contributed by atoms with Crippen LogP contribution in [0.2, 0.25) is 0 Å². The summed E-state index contributed by atoms with van der Waals surface area (Å²) in [6.45, 7) is 0. The van der Waals surface area contributed by atoms with E-state index in [1.54, 1.807) is 0 Å². The molecule has 0 aliphatic heterocycles. The van der Waals surface area contributed by atoms with Crippen LogP contribution < -0.4 is 0 Å². The van der Waals surface area contributed by atoms with E-state index in [9.17, 15) is 0 Å². The Labute approximate surface area is 105 Å². The Hall–Kier alpha value is 1.43. The largest absolute Gasteiger partial charge is 0.678 e. The fourth-order valence-electron chi connectivity index (χ4n) is 0.500. The highest BCUT2D eigenvalue weighted by molar-refractivity contribution is 7.81. The number of hydrogen-bond donors (Lipinski definition) is 0. The van der Waals surface area contributed by atoms with Gasteiger partial charge in [-0.1, -0.05) is 0 Å². The first-order valence-electron chi connectivity index (χ1n) is 3.21. The maximum atomic E-state index is 4.97. The van der Waals surface area contributed by atoms with Gasteiger partial charge in [0.2, 0.25) is 0 Å². The van der Waals surface area contributed by atoms with Gasteiger partial charge in [0.15, 0.2) is 0 Å². The van der Waals surface area contributed by atoms with Crippen molar-refractivity contribution in [2.45, 2.75) is 0 Å². The van der Waals surface area contributed by atoms with Crippen molar-refractivity contribution < 1.29 is 17.7 Å². The number of halogens is 4. The minimum Gasteiger partial charge on any atom is -0.355 e. The minimum absolute atomic E-state index is 1.49. The third-order valence-corrected chi connectivity index (χ3v) is 3.00. The SMILES string of the molecule is CO[Si](OC)(OC)OC.Cl[Si](Cl)(Cl)Cl. The molecule has 0 atom stereocenters. The standard InChI is InChI=1S/C4H12O4Si.Cl4Si/c1-5-9(6-2,7-3)8-4;1-5(2,3)4/h1-4H3;. The van der Waals surface area contributed by atoms with Crippen LogP contribution in [0.1, 0.15) is 0 Å². The highest BCUT2D eigenvalue weighted by Crippen LogP contribution is 2.23. The zero-order valence-corrected chi connectivity index (χ0v) is 13.2. The fourth-order valence-corrected chi connectivity index (χ4v) is 1.50. The van der Waals surface area contributed by atoms with E-state index in [0.717, 1.165) is 0 Å². The smallest absolute Gasteiger partial charge is 0.355 e. The van der Waals surface area contributed by atoms with Gasteiger partial charge in [0.05, 0.1) is 0 Å². The van der Waals surface area contributed by atoms with Gasteiger partial charge in [0.25, 0.3) is 0 Å². The molecule has 0 spiro atoms. The summed E-state index contributed by atoms with van der Waals surface area (Å²) in [5.74, 6) is 0. The van der Waals surface area contributed by atoms with E-state index in [1.165, 1.54) is 28.4 Å². The molecule has 88 valence electrons. The van der Waals surface area contributed by atoms with Gasteiger partial charge < -0.3 is 17.7 Å². The van der Waals surface area contributed by atoms with Gasteiger partial charge in [-0.2, -0.15) is 0 Å². The summed E-state index contributed by atoms with van der Waals surface area (Å²) in [5, 5.41) is -2.72. The zero-order chi connectivity index (χ0) is 11.8. The zero-order valence-electron chi connectivity index (χ0n) is 8.14. The molecule has 0 amide bonds. The van der Waals surface area contributed by atoms with Crippen LogP contribution in [-0.2, 0) is 17.7 Å². The summed E-state index contributed by atoms with van der Waals surface area (Å²) in [6, 6.07) is 0. The van der Waals surface area contributed by atoms with Crippen LogP contribution in [-0.4, -0.2) is 42.8 Å². The Bertz CT molecular complexity index is 116. The van der Waals surface area contributed by atoms with Crippen molar-refractivity contribution in [2.24, 2.45) is 0 Å². The molecule has 0 bridgehead atoms. The van der Waals surface area contributed by atoms with Crippen molar-refractivity contribution in [3.63, 3.8) is 0 Å². The average Bonchev–Trinajstić information content (AvgIpc) is 2.07. The summed E-state index contributed by atoms with van der Waals surface area (Å²) in [5.41, 5.74) is 0. The second-order valence-corrected chi connectivity index (χ2v) is 15.5. The van der Waals surface area contributed by atoms with Gasteiger partial charge in [-0.25, -0.2) is 0 Å². The van der Waals surface area contributed by atoms with Crippen LogP contribution in [0.5, 0.6) is 0 Å². The van der Waals surface area contributed by atoms with Crippen LogP contribution in [0.4, 0.5) is 0 Å². The lowest BCUT2D eigenvalue weighted by atomic mass is 11.8. The molecule has 0 unspecified atom stereocenters. The molecule has 0 aromatic heterocycles. The van der Waals surface area contributed by atoms with Crippen LogP contribution in [0.15, 0.2) is 0 Å². The molecule has 0 aromatic rings. The van der Waals surface area contributed by atoms with Crippen molar-refractivity contribution in [1.82, 2.24) is 0 Å². The molecule has 10 heteroatoms. The lowest BCUT2D eigenvalue weighted by Gasteiger charge is -2.19. The first-order valence-corrected chi connectivity index (χ1v) is 10.9. The van der Waals surface area contributed by atoms with Crippen LogP contribution in [0.25, 0.3) is 0 Å². The maximum absolute atomic E-state index is 4.97. The fraction of sp³-hybridized carbons (Fsp3) is 1.00. The predicted molar refractivity (Wildman–Crippen MR) is 63.0 cm³/mol. The molecule has 0 fully saturated rings. The second-order valence-electron chi connectivity index (χ2n) is 1.75. The molecule has 0 aromatic carbocycles. The molecule has 4 nitrogen and oxygen atoms in total. The topological polar surface area (TPSA) is 36.9 Å². The molecule has 0 heterocycles. The van der Waals surface area contributed by atoms with Gasteiger partial charge in [-0.05, 0) is 0 Å². The molecule has 0 aliphatic carbocycles. The van der Waals surface area contributed by atoms with Crippen molar-refractivity contribution >= 4 is 58.7 Å². The van der Waals surface area contributed by atoms with E-state index in [4.69, 9.17) is 62.0 Å². The van der Waals surface area contributed by atoms with E-state index >= 15 is 0 Å². The highest BCUT2D eigenvalue weighted by atomic mass is 36.0. The van der Waals surface area contributed by atoms with Gasteiger partial charge in [0.1, 0.15) is 0 Å². The average molecular weight is 322 g/mol. The Balaban J connectivity index is 0. The third kappa shape index (κ3) is 11.5. The van der Waals surface area contributed by atoms with Gasteiger partial charge >= 0.3 is 14.4 Å². The Kier molecular flexibility index (Phi) is 10.9. The van der Waals surface area contributed by atoms with E-state index in [2.05, 4.69) is 0 Å². The van der Waals surface area contributed by atoms with Gasteiger partial charge in [-0.3, -0.25) is 0 Å². The van der Waals surface area contributed by atoms with E-state index in [0.29, 0.717) is 0 Å². The van der Waals surface area contributed by atoms with Crippen molar-refractivity contribution in [1.29, 1.82) is 0 Å². The molecule has 0 saturated heterocycles. The molecule has 0 rings (SSSR count). The molecule has 0 aliphatic rings. The predicted octanol–water partition coefficient (Wildman–Crippen LogP) is 2.38. The summed E-state index contributed by atoms with van der Waals surface area (Å²) in [4.78, 5) is 0. The molecule has 0 radical (unpaired) electrons. The quantitative estimate of drug-likeness (QED) is 0.588. The molecule has 0 N–H and O–H groups in total. The minimum atomic E-state index is -2.72. The molecule has 0 saturated carbocycles. The summed E-state index contributed by atoms with van der Waals surface area (Å²) in [6.07, 6.45) is 0. The lowest BCUT2D eigenvalue weighted by molar-refractivity contribution is 0.0226. The van der Waals surface area contributed by atoms with E-state index in [1.807, 2.05) is 0 Å². The van der Waals surface area contributed by atoms with Crippen LogP contribution >= 0.6 is 44.3 Å². The van der Waals surface area contributed by atoms with E-state index in [-0.39, 0.29) is 0 Å². The first kappa shape index (κ1) is 17.8. The monoisotopic (exact) mass is 320 g/mol. The highest BCUT2D eigenvalue weighted by Gasteiger charge is 2.40. The van der Waals surface area contributed by atoms with Gasteiger partial charge in [-0.15, -0.1) is 44.3 Å². The number of rotatable bonds is 4. The first-order chi connectivity index (χ1) is 6.24. The second kappa shape index (κ2) is 8.57. The van der Waals surface area contributed by atoms with Crippen LogP contribution in [0, 0.1) is 0 Å². The molecular weight excluding hydrogens is 310 g/mol. The third-order valence-electron chi connectivity index (χ3n) is 1.00. The normalized spacial score (nSPS) is 12.0. The van der Waals surface area contributed by atoms with Crippen molar-refractivity contribution in [2.75, 3.05) is 28.4 Å². The van der Waals surface area contributed by atoms with Crippen LogP contribution in [0.3, 0.4) is 0 Å². The summed E-state index contributed by atoms with van der Waals surface area (Å²) < 4.78 is 19.4.